The Kier molecular flexibility index (Phi) is 4.51. The number of halogens is 4. The lowest BCUT2D eigenvalue weighted by atomic mass is 9.84. The summed E-state index contributed by atoms with van der Waals surface area (Å²) >= 11 is 0. The summed E-state index contributed by atoms with van der Waals surface area (Å²) in [6.07, 6.45) is -5.47. The van der Waals surface area contributed by atoms with Crippen molar-refractivity contribution < 1.29 is 22.4 Å². The van der Waals surface area contributed by atoms with Gasteiger partial charge in [-0.05, 0) is 41.0 Å². The van der Waals surface area contributed by atoms with Gasteiger partial charge in [0, 0.05) is 24.1 Å². The second kappa shape index (κ2) is 6.48. The van der Waals surface area contributed by atoms with Gasteiger partial charge in [-0.1, -0.05) is 18.2 Å². The number of alkyl halides is 3. The Morgan fingerprint density at radius 1 is 1.24 bits per heavy atom. The molecule has 3 nitrogen and oxygen atoms in total. The van der Waals surface area contributed by atoms with E-state index in [1.54, 1.807) is 12.1 Å². The molecule has 1 aliphatic rings. The normalized spacial score (nSPS) is 18.0. The fourth-order valence-electron chi connectivity index (χ4n) is 3.32. The third-order valence-electron chi connectivity index (χ3n) is 4.41. The Labute approximate surface area is 141 Å². The SMILES string of the molecule is NC(=O)c1ccc2c(c1)CNC2[C@H](CC(F)(F)F)c1cccc(F)c1. The number of nitrogens with one attached hydrogen (secondary N) is 1. The molecule has 132 valence electrons. The van der Waals surface area contributed by atoms with E-state index < -0.39 is 36.3 Å². The summed E-state index contributed by atoms with van der Waals surface area (Å²) < 4.78 is 52.9. The topological polar surface area (TPSA) is 55.1 Å². The van der Waals surface area contributed by atoms with Crippen LogP contribution in [0.3, 0.4) is 0 Å². The van der Waals surface area contributed by atoms with E-state index in [0.717, 1.165) is 11.6 Å². The van der Waals surface area contributed by atoms with E-state index in [1.165, 1.54) is 24.3 Å². The van der Waals surface area contributed by atoms with Gasteiger partial charge in [-0.3, -0.25) is 4.79 Å². The van der Waals surface area contributed by atoms with Crippen molar-refractivity contribution in [3.05, 3.63) is 70.5 Å². The molecule has 2 aromatic rings. The molecule has 0 saturated carbocycles. The van der Waals surface area contributed by atoms with Crippen molar-refractivity contribution in [2.75, 3.05) is 0 Å². The van der Waals surface area contributed by atoms with Gasteiger partial charge in [0.25, 0.3) is 0 Å². The molecule has 1 aliphatic heterocycles. The van der Waals surface area contributed by atoms with Gasteiger partial charge >= 0.3 is 6.18 Å². The Morgan fingerprint density at radius 3 is 2.64 bits per heavy atom. The monoisotopic (exact) mass is 352 g/mol. The van der Waals surface area contributed by atoms with Crippen molar-refractivity contribution >= 4 is 5.91 Å². The Morgan fingerprint density at radius 2 is 2.00 bits per heavy atom. The molecule has 25 heavy (non-hydrogen) atoms. The number of hydrogen-bond donors (Lipinski definition) is 2. The Bertz CT molecular complexity index is 804. The zero-order chi connectivity index (χ0) is 18.2. The summed E-state index contributed by atoms with van der Waals surface area (Å²) in [5.74, 6) is -2.15. The molecule has 0 spiro atoms. The van der Waals surface area contributed by atoms with Crippen molar-refractivity contribution in [2.24, 2.45) is 5.73 Å². The molecule has 0 saturated heterocycles. The van der Waals surface area contributed by atoms with Gasteiger partial charge in [-0.25, -0.2) is 4.39 Å². The second-order valence-electron chi connectivity index (χ2n) is 6.12. The van der Waals surface area contributed by atoms with E-state index in [4.69, 9.17) is 5.73 Å². The molecular weight excluding hydrogens is 336 g/mol. The number of primary amides is 1. The van der Waals surface area contributed by atoms with Crippen molar-refractivity contribution in [3.63, 3.8) is 0 Å². The van der Waals surface area contributed by atoms with E-state index in [0.29, 0.717) is 17.7 Å². The smallest absolute Gasteiger partial charge is 0.366 e. The summed E-state index contributed by atoms with van der Waals surface area (Å²) in [7, 11) is 0. The van der Waals surface area contributed by atoms with Crippen LogP contribution >= 0.6 is 0 Å². The first-order chi connectivity index (χ1) is 11.7. The minimum absolute atomic E-state index is 0.279. The quantitative estimate of drug-likeness (QED) is 0.823. The maximum Gasteiger partial charge on any atom is 0.389 e. The van der Waals surface area contributed by atoms with Crippen LogP contribution in [-0.4, -0.2) is 12.1 Å². The highest BCUT2D eigenvalue weighted by Crippen LogP contribution is 2.43. The van der Waals surface area contributed by atoms with Gasteiger partial charge < -0.3 is 11.1 Å². The fraction of sp³-hybridized carbons (Fsp3) is 0.278. The third-order valence-corrected chi connectivity index (χ3v) is 4.41. The Balaban J connectivity index is 2.00. The highest BCUT2D eigenvalue weighted by Gasteiger charge is 2.39. The molecule has 2 atom stereocenters. The molecule has 1 unspecified atom stereocenters. The fourth-order valence-corrected chi connectivity index (χ4v) is 3.32. The molecule has 3 rings (SSSR count). The molecule has 0 radical (unpaired) electrons. The number of fused-ring (bicyclic) bond motifs is 1. The van der Waals surface area contributed by atoms with Gasteiger partial charge in [0.1, 0.15) is 5.82 Å². The molecule has 0 bridgehead atoms. The van der Waals surface area contributed by atoms with E-state index in [1.807, 2.05) is 0 Å². The van der Waals surface area contributed by atoms with Gasteiger partial charge in [0.2, 0.25) is 5.91 Å². The zero-order valence-corrected chi connectivity index (χ0v) is 13.1. The molecule has 7 heteroatoms. The highest BCUT2D eigenvalue weighted by atomic mass is 19.4. The van der Waals surface area contributed by atoms with Crippen molar-refractivity contribution in [1.29, 1.82) is 0 Å². The van der Waals surface area contributed by atoms with Crippen LogP contribution in [0.25, 0.3) is 0 Å². The lowest BCUT2D eigenvalue weighted by molar-refractivity contribution is -0.140. The summed E-state index contributed by atoms with van der Waals surface area (Å²) in [5, 5.41) is 3.05. The molecule has 0 aliphatic carbocycles. The maximum absolute atomic E-state index is 13.5. The lowest BCUT2D eigenvalue weighted by Gasteiger charge is -2.26. The summed E-state index contributed by atoms with van der Waals surface area (Å²) in [6, 6.07) is 9.30. The standard InChI is InChI=1S/C18H16F4N2O/c19-13-3-1-2-10(7-13)15(8-18(20,21)22)16-14-5-4-11(17(23)25)6-12(14)9-24-16/h1-7,15-16,24H,8-9H2,(H2,23,25)/t15-,16?/m1/s1. The number of nitrogens with two attached hydrogens (primary N) is 1. The number of rotatable bonds is 4. The number of carbonyl (C=O) groups is 1. The Hall–Kier alpha value is -2.41. The maximum atomic E-state index is 13.5. The van der Waals surface area contributed by atoms with Gasteiger partial charge in [-0.15, -0.1) is 0 Å². The lowest BCUT2D eigenvalue weighted by Crippen LogP contribution is -2.25. The van der Waals surface area contributed by atoms with Crippen molar-refractivity contribution in [1.82, 2.24) is 5.32 Å². The van der Waals surface area contributed by atoms with Crippen LogP contribution in [0, 0.1) is 5.82 Å². The number of hydrogen-bond acceptors (Lipinski definition) is 2. The van der Waals surface area contributed by atoms with E-state index in [9.17, 15) is 22.4 Å². The first kappa shape index (κ1) is 17.4. The largest absolute Gasteiger partial charge is 0.389 e. The molecule has 1 heterocycles. The van der Waals surface area contributed by atoms with Crippen molar-refractivity contribution in [3.8, 4) is 0 Å². The van der Waals surface area contributed by atoms with Crippen molar-refractivity contribution in [2.45, 2.75) is 31.1 Å². The van der Waals surface area contributed by atoms with E-state index in [-0.39, 0.29) is 5.56 Å². The molecule has 1 amide bonds. The van der Waals surface area contributed by atoms with Gasteiger partial charge in [0.05, 0.1) is 6.42 Å². The van der Waals surface area contributed by atoms with Crippen LogP contribution in [0.4, 0.5) is 17.6 Å². The summed E-state index contributed by atoms with van der Waals surface area (Å²) in [4.78, 5) is 11.3. The minimum Gasteiger partial charge on any atom is -0.366 e. The molecular formula is C18H16F4N2O. The molecule has 2 aromatic carbocycles. The van der Waals surface area contributed by atoms with E-state index >= 15 is 0 Å². The van der Waals surface area contributed by atoms with E-state index in [2.05, 4.69) is 5.32 Å². The zero-order valence-electron chi connectivity index (χ0n) is 13.1. The van der Waals surface area contributed by atoms with Gasteiger partial charge in [0.15, 0.2) is 0 Å². The highest BCUT2D eigenvalue weighted by molar-refractivity contribution is 5.93. The predicted molar refractivity (Wildman–Crippen MR) is 84.4 cm³/mol. The number of amides is 1. The second-order valence-corrected chi connectivity index (χ2v) is 6.12. The van der Waals surface area contributed by atoms with Crippen LogP contribution in [-0.2, 0) is 6.54 Å². The number of benzene rings is 2. The summed E-state index contributed by atoms with van der Waals surface area (Å²) in [5.41, 5.74) is 7.22. The molecule has 3 N–H and O–H groups in total. The molecule has 0 aromatic heterocycles. The average molecular weight is 352 g/mol. The average Bonchev–Trinajstić information content (AvgIpc) is 2.94. The van der Waals surface area contributed by atoms with Crippen LogP contribution < -0.4 is 11.1 Å². The van der Waals surface area contributed by atoms with Crippen LogP contribution in [0.1, 0.15) is 45.4 Å². The first-order valence-corrected chi connectivity index (χ1v) is 7.73. The predicted octanol–water partition coefficient (Wildman–Crippen LogP) is 3.81. The third kappa shape index (κ3) is 3.82. The van der Waals surface area contributed by atoms with Crippen LogP contribution in [0.2, 0.25) is 0 Å². The van der Waals surface area contributed by atoms with Gasteiger partial charge in [-0.2, -0.15) is 13.2 Å². The molecule has 0 fully saturated rings. The minimum atomic E-state index is -4.39. The first-order valence-electron chi connectivity index (χ1n) is 7.73. The summed E-state index contributed by atoms with van der Waals surface area (Å²) in [6.45, 7) is 0.324. The van der Waals surface area contributed by atoms with Crippen LogP contribution in [0.5, 0.6) is 0 Å². The van der Waals surface area contributed by atoms with Crippen LogP contribution in [0.15, 0.2) is 42.5 Å². The number of carbonyl (C=O) groups excluding carboxylic acids is 1.